The number of benzene rings is 2. The number of ether oxygens (including phenoxy) is 1. The van der Waals surface area contributed by atoms with Gasteiger partial charge in [0.1, 0.15) is 24.4 Å². The van der Waals surface area contributed by atoms with Crippen molar-refractivity contribution in [1.82, 2.24) is 20.9 Å². The molecule has 0 radical (unpaired) electrons. The smallest absolute Gasteiger partial charge is 0.255 e. The Balaban J connectivity index is 1.60. The number of nitrogens with one attached hydrogen (secondary N) is 3. The van der Waals surface area contributed by atoms with Crippen molar-refractivity contribution in [2.45, 2.75) is 51.6 Å². The van der Waals surface area contributed by atoms with Gasteiger partial charge in [0.05, 0.1) is 18.5 Å². The van der Waals surface area contributed by atoms with Crippen LogP contribution in [-0.2, 0) is 27.2 Å². The van der Waals surface area contributed by atoms with Gasteiger partial charge in [0, 0.05) is 13.1 Å². The molecule has 202 valence electrons. The maximum absolute atomic E-state index is 13.8. The van der Waals surface area contributed by atoms with Gasteiger partial charge in [0.15, 0.2) is 0 Å². The highest BCUT2D eigenvalue weighted by atomic mass is 16.5. The van der Waals surface area contributed by atoms with Gasteiger partial charge in [-0.05, 0) is 42.0 Å². The minimum absolute atomic E-state index is 0.124. The summed E-state index contributed by atoms with van der Waals surface area (Å²) in [6.07, 6.45) is 1.79. The molecular formula is C29H36N4O5. The predicted molar refractivity (Wildman–Crippen MR) is 143 cm³/mol. The van der Waals surface area contributed by atoms with E-state index in [0.717, 1.165) is 0 Å². The number of carbonyl (C=O) groups is 4. The quantitative estimate of drug-likeness (QED) is 0.571. The third-order valence-corrected chi connectivity index (χ3v) is 7.33. The van der Waals surface area contributed by atoms with Crippen LogP contribution in [0.4, 0.5) is 0 Å². The fourth-order valence-corrected chi connectivity index (χ4v) is 4.89. The van der Waals surface area contributed by atoms with E-state index in [1.807, 2.05) is 26.0 Å². The summed E-state index contributed by atoms with van der Waals surface area (Å²) in [5.41, 5.74) is 2.66. The Bertz CT molecular complexity index is 1160. The second-order valence-electron chi connectivity index (χ2n) is 9.89. The van der Waals surface area contributed by atoms with Crippen LogP contribution in [0.25, 0.3) is 0 Å². The molecule has 0 bridgehead atoms. The number of rotatable bonds is 3. The lowest BCUT2D eigenvalue weighted by Gasteiger charge is -2.28. The highest BCUT2D eigenvalue weighted by Gasteiger charge is 2.33. The summed E-state index contributed by atoms with van der Waals surface area (Å²) in [6.45, 7) is 5.17. The van der Waals surface area contributed by atoms with Crippen LogP contribution in [-0.4, -0.2) is 66.9 Å². The molecule has 4 rings (SSSR count). The summed E-state index contributed by atoms with van der Waals surface area (Å²) in [7, 11) is 0. The number of carbonyl (C=O) groups excluding carboxylic acids is 4. The Labute approximate surface area is 223 Å². The Morgan fingerprint density at radius 1 is 1.00 bits per heavy atom. The summed E-state index contributed by atoms with van der Waals surface area (Å²) < 4.78 is 5.80. The molecule has 9 heteroatoms. The average molecular weight is 521 g/mol. The van der Waals surface area contributed by atoms with Crippen LogP contribution in [0.3, 0.4) is 0 Å². The van der Waals surface area contributed by atoms with Gasteiger partial charge in [-0.2, -0.15) is 0 Å². The molecule has 2 aromatic rings. The Kier molecular flexibility index (Phi) is 8.99. The van der Waals surface area contributed by atoms with Crippen molar-refractivity contribution in [3.63, 3.8) is 0 Å². The van der Waals surface area contributed by atoms with Gasteiger partial charge < -0.3 is 25.6 Å². The van der Waals surface area contributed by atoms with Gasteiger partial charge in [-0.25, -0.2) is 0 Å². The molecule has 9 nitrogen and oxygen atoms in total. The number of nitrogens with zero attached hydrogens (tertiary/aromatic N) is 1. The highest BCUT2D eigenvalue weighted by molar-refractivity contribution is 6.01. The van der Waals surface area contributed by atoms with Gasteiger partial charge in [-0.15, -0.1) is 0 Å². The largest absolute Gasteiger partial charge is 0.491 e. The minimum atomic E-state index is -1.10. The maximum Gasteiger partial charge on any atom is 0.255 e. The molecule has 38 heavy (non-hydrogen) atoms. The third-order valence-electron chi connectivity index (χ3n) is 7.33. The van der Waals surface area contributed by atoms with E-state index >= 15 is 0 Å². The molecular weight excluding hydrogens is 484 g/mol. The Morgan fingerprint density at radius 3 is 2.34 bits per heavy atom. The lowest BCUT2D eigenvalue weighted by atomic mass is 9.97. The lowest BCUT2D eigenvalue weighted by molar-refractivity contribution is -0.136. The molecule has 2 aromatic carbocycles. The number of para-hydroxylation sites is 1. The first-order valence-electron chi connectivity index (χ1n) is 13.3. The fraction of sp³-hybridized carbons (Fsp3) is 0.448. The number of fused-ring (bicyclic) bond motifs is 2. The fourth-order valence-electron chi connectivity index (χ4n) is 4.89. The van der Waals surface area contributed by atoms with Gasteiger partial charge in [-0.3, -0.25) is 19.2 Å². The van der Waals surface area contributed by atoms with Crippen LogP contribution < -0.4 is 20.7 Å². The average Bonchev–Trinajstić information content (AvgIpc) is 3.15. The van der Waals surface area contributed by atoms with E-state index in [2.05, 4.69) is 28.1 Å². The molecule has 0 fully saturated rings. The van der Waals surface area contributed by atoms with Crippen LogP contribution in [0.15, 0.2) is 48.5 Å². The van der Waals surface area contributed by atoms with Crippen LogP contribution in [0, 0.1) is 5.92 Å². The van der Waals surface area contributed by atoms with Crippen LogP contribution in [0.1, 0.15) is 48.2 Å². The molecule has 3 atom stereocenters. The van der Waals surface area contributed by atoms with Crippen LogP contribution >= 0.6 is 0 Å². The second kappa shape index (κ2) is 12.6. The molecule has 2 aliphatic rings. The van der Waals surface area contributed by atoms with Gasteiger partial charge >= 0.3 is 0 Å². The number of hydrogen-bond donors (Lipinski definition) is 3. The molecule has 0 aliphatic carbocycles. The zero-order valence-corrected chi connectivity index (χ0v) is 22.0. The summed E-state index contributed by atoms with van der Waals surface area (Å²) in [4.78, 5) is 54.9. The molecule has 0 saturated heterocycles. The van der Waals surface area contributed by atoms with Crippen molar-refractivity contribution in [1.29, 1.82) is 0 Å². The Hall–Kier alpha value is -3.88. The maximum atomic E-state index is 13.8. The normalized spacial score (nSPS) is 21.7. The second-order valence-corrected chi connectivity index (χ2v) is 9.89. The molecule has 0 aromatic heterocycles. The zero-order chi connectivity index (χ0) is 27.1. The van der Waals surface area contributed by atoms with E-state index in [9.17, 15) is 19.2 Å². The van der Waals surface area contributed by atoms with Gasteiger partial charge in [-0.1, -0.05) is 56.7 Å². The van der Waals surface area contributed by atoms with E-state index in [4.69, 9.17) is 4.74 Å². The zero-order valence-electron chi connectivity index (χ0n) is 22.0. The molecule has 3 N–H and O–H groups in total. The molecule has 0 unspecified atom stereocenters. The molecule has 4 amide bonds. The number of hydrogen-bond acceptors (Lipinski definition) is 5. The molecule has 2 aliphatic heterocycles. The topological polar surface area (TPSA) is 117 Å². The first-order valence-corrected chi connectivity index (χ1v) is 13.3. The van der Waals surface area contributed by atoms with E-state index in [-0.39, 0.29) is 42.9 Å². The van der Waals surface area contributed by atoms with Gasteiger partial charge in [0.2, 0.25) is 17.7 Å². The van der Waals surface area contributed by atoms with Crippen molar-refractivity contribution in [3.05, 3.63) is 65.2 Å². The summed E-state index contributed by atoms with van der Waals surface area (Å²) >= 11 is 0. The van der Waals surface area contributed by atoms with Crippen molar-refractivity contribution in [2.24, 2.45) is 5.92 Å². The summed E-state index contributed by atoms with van der Waals surface area (Å²) in [5, 5.41) is 8.41. The van der Waals surface area contributed by atoms with E-state index in [1.165, 1.54) is 11.1 Å². The monoisotopic (exact) mass is 520 g/mol. The lowest BCUT2D eigenvalue weighted by Crippen LogP contribution is -2.54. The summed E-state index contributed by atoms with van der Waals surface area (Å²) in [5.74, 6) is -1.37. The first-order chi connectivity index (χ1) is 18.4. The van der Waals surface area contributed by atoms with Crippen molar-refractivity contribution in [2.75, 3.05) is 26.2 Å². The minimum Gasteiger partial charge on any atom is -0.491 e. The Morgan fingerprint density at radius 2 is 1.66 bits per heavy atom. The van der Waals surface area contributed by atoms with Gasteiger partial charge in [0.25, 0.3) is 5.91 Å². The third kappa shape index (κ3) is 6.51. The first kappa shape index (κ1) is 27.2. The molecule has 0 saturated carbocycles. The SMILES string of the molecule is CC[C@H](C)[C@@H]1NC(=O)C[C@@H](C(=O)N2CCc3ccccc3CC2)NC(=O)c2ccccc2OCCNC1=O. The highest BCUT2D eigenvalue weighted by Crippen LogP contribution is 2.20. The summed E-state index contributed by atoms with van der Waals surface area (Å²) in [6, 6.07) is 13.0. The van der Waals surface area contributed by atoms with Crippen LogP contribution in [0.2, 0.25) is 0 Å². The van der Waals surface area contributed by atoms with E-state index < -0.39 is 23.9 Å². The van der Waals surface area contributed by atoms with Crippen molar-refractivity contribution < 1.29 is 23.9 Å². The predicted octanol–water partition coefficient (Wildman–Crippen LogP) is 1.84. The standard InChI is InChI=1S/C29H36N4O5/c1-3-19(2)26-28(36)30-14-17-38-24-11-7-6-10-22(24)27(35)31-23(18-25(34)32-26)29(37)33-15-12-20-8-4-5-9-21(20)13-16-33/h4-11,19,23,26H,3,12-18H2,1-2H3,(H,30,36)(H,31,35)(H,32,34)/t19-,23-,26-/m0/s1. The molecule has 2 heterocycles. The van der Waals surface area contributed by atoms with Crippen molar-refractivity contribution >= 4 is 23.6 Å². The van der Waals surface area contributed by atoms with Crippen LogP contribution in [0.5, 0.6) is 5.75 Å². The van der Waals surface area contributed by atoms with Crippen molar-refractivity contribution in [3.8, 4) is 5.75 Å². The van der Waals surface area contributed by atoms with E-state index in [0.29, 0.717) is 38.1 Å². The van der Waals surface area contributed by atoms with E-state index in [1.54, 1.807) is 29.2 Å². The molecule has 0 spiro atoms. The number of amides is 4.